The highest BCUT2D eigenvalue weighted by Gasteiger charge is 2.17. The minimum Gasteiger partial charge on any atom is -0.351 e. The minimum absolute atomic E-state index is 0. The van der Waals surface area contributed by atoms with Crippen LogP contribution in [0.2, 0.25) is 0 Å². The molecular weight excluding hydrogens is 343 g/mol. The monoisotopic (exact) mass is 364 g/mol. The van der Waals surface area contributed by atoms with Crippen LogP contribution in [0.1, 0.15) is 39.6 Å². The number of ketones is 1. The Hall–Kier alpha value is -2.24. The number of benzene rings is 2. The Morgan fingerprint density at radius 2 is 1.56 bits per heavy atom. The lowest BCUT2D eigenvalue weighted by Gasteiger charge is -2.10. The van der Waals surface area contributed by atoms with Crippen molar-refractivity contribution in [1.82, 2.24) is 10.6 Å². The van der Waals surface area contributed by atoms with Crippen molar-refractivity contribution in [3.05, 3.63) is 71.0 Å². The summed E-state index contributed by atoms with van der Waals surface area (Å²) < 4.78 is 13.0. The first-order chi connectivity index (χ1) is 11.6. The van der Waals surface area contributed by atoms with Gasteiger partial charge in [-0.05, 0) is 43.3 Å². The average molecular weight is 365 g/mol. The van der Waals surface area contributed by atoms with E-state index in [1.54, 1.807) is 24.3 Å². The van der Waals surface area contributed by atoms with Crippen molar-refractivity contribution in [3.63, 3.8) is 0 Å². The van der Waals surface area contributed by atoms with Crippen molar-refractivity contribution in [2.24, 2.45) is 0 Å². The van der Waals surface area contributed by atoms with Crippen LogP contribution in [-0.2, 0) is 0 Å². The van der Waals surface area contributed by atoms with Crippen LogP contribution in [0.3, 0.4) is 0 Å². The zero-order valence-corrected chi connectivity index (χ0v) is 14.9. The third-order valence-electron chi connectivity index (χ3n) is 3.54. The van der Waals surface area contributed by atoms with E-state index in [-0.39, 0.29) is 24.1 Å². The SMILES string of the molecule is CCCNCCNC(=O)c1ccccc1C(=O)c1ccc(F)cc1.Cl. The number of hydrogen-bond donors (Lipinski definition) is 2. The van der Waals surface area contributed by atoms with Gasteiger partial charge in [0, 0.05) is 24.2 Å². The lowest BCUT2D eigenvalue weighted by atomic mass is 9.98. The lowest BCUT2D eigenvalue weighted by Crippen LogP contribution is -2.32. The number of nitrogens with one attached hydrogen (secondary N) is 2. The molecule has 6 heteroatoms. The first-order valence-corrected chi connectivity index (χ1v) is 8.01. The fourth-order valence-corrected chi connectivity index (χ4v) is 2.30. The first-order valence-electron chi connectivity index (χ1n) is 8.01. The molecule has 134 valence electrons. The average Bonchev–Trinajstić information content (AvgIpc) is 2.61. The smallest absolute Gasteiger partial charge is 0.252 e. The Morgan fingerprint density at radius 1 is 0.920 bits per heavy atom. The standard InChI is InChI=1S/C19H21FN2O2.ClH/c1-2-11-21-12-13-22-19(24)17-6-4-3-5-16(17)18(23)14-7-9-15(20)10-8-14;/h3-10,21H,2,11-13H2,1H3,(H,22,24);1H. The van der Waals surface area contributed by atoms with E-state index < -0.39 is 5.82 Å². The van der Waals surface area contributed by atoms with E-state index >= 15 is 0 Å². The fourth-order valence-electron chi connectivity index (χ4n) is 2.30. The molecule has 2 aromatic rings. The summed E-state index contributed by atoms with van der Waals surface area (Å²) in [5.74, 6) is -0.999. The lowest BCUT2D eigenvalue weighted by molar-refractivity contribution is 0.0942. The minimum atomic E-state index is -0.405. The molecule has 0 atom stereocenters. The van der Waals surface area contributed by atoms with E-state index in [0.29, 0.717) is 29.8 Å². The molecule has 25 heavy (non-hydrogen) atoms. The molecule has 0 spiro atoms. The van der Waals surface area contributed by atoms with Gasteiger partial charge in [0.2, 0.25) is 0 Å². The quantitative estimate of drug-likeness (QED) is 0.558. The summed E-state index contributed by atoms with van der Waals surface area (Å²) in [6.45, 7) is 4.13. The molecule has 2 aromatic carbocycles. The zero-order chi connectivity index (χ0) is 17.4. The summed E-state index contributed by atoms with van der Waals surface area (Å²) in [5.41, 5.74) is 0.978. The van der Waals surface area contributed by atoms with Crippen molar-refractivity contribution < 1.29 is 14.0 Å². The van der Waals surface area contributed by atoms with E-state index in [1.165, 1.54) is 24.3 Å². The highest BCUT2D eigenvalue weighted by Crippen LogP contribution is 2.15. The molecule has 4 nitrogen and oxygen atoms in total. The summed E-state index contributed by atoms with van der Waals surface area (Å²) in [7, 11) is 0. The molecule has 2 rings (SSSR count). The second-order valence-electron chi connectivity index (χ2n) is 5.39. The second kappa shape index (κ2) is 10.6. The van der Waals surface area contributed by atoms with Gasteiger partial charge in [0.1, 0.15) is 5.82 Å². The van der Waals surface area contributed by atoms with Crippen LogP contribution >= 0.6 is 12.4 Å². The van der Waals surface area contributed by atoms with Gasteiger partial charge in [-0.3, -0.25) is 9.59 Å². The normalized spacial score (nSPS) is 10.0. The van der Waals surface area contributed by atoms with Crippen molar-refractivity contribution in [3.8, 4) is 0 Å². The Labute approximate surface area is 153 Å². The molecule has 0 radical (unpaired) electrons. The molecule has 0 unspecified atom stereocenters. The molecule has 0 fully saturated rings. The summed E-state index contributed by atoms with van der Waals surface area (Å²) in [6.07, 6.45) is 1.03. The largest absolute Gasteiger partial charge is 0.351 e. The van der Waals surface area contributed by atoms with Crippen LogP contribution in [-0.4, -0.2) is 31.3 Å². The Bertz CT molecular complexity index is 705. The molecule has 2 N–H and O–H groups in total. The van der Waals surface area contributed by atoms with E-state index in [4.69, 9.17) is 0 Å². The molecule has 0 saturated heterocycles. The fraction of sp³-hybridized carbons (Fsp3) is 0.263. The highest BCUT2D eigenvalue weighted by atomic mass is 35.5. The molecule has 0 aliphatic heterocycles. The summed E-state index contributed by atoms with van der Waals surface area (Å²) >= 11 is 0. The Balaban J connectivity index is 0.00000312. The third-order valence-corrected chi connectivity index (χ3v) is 3.54. The molecular formula is C19H22ClFN2O2. The molecule has 0 heterocycles. The maximum absolute atomic E-state index is 13.0. The van der Waals surface area contributed by atoms with Crippen LogP contribution in [0.4, 0.5) is 4.39 Å². The van der Waals surface area contributed by atoms with Crippen LogP contribution in [0.5, 0.6) is 0 Å². The summed E-state index contributed by atoms with van der Waals surface area (Å²) in [5, 5.41) is 5.99. The predicted molar refractivity (Wildman–Crippen MR) is 99.0 cm³/mol. The second-order valence-corrected chi connectivity index (χ2v) is 5.39. The molecule has 0 aliphatic carbocycles. The summed E-state index contributed by atoms with van der Waals surface area (Å²) in [6, 6.07) is 11.9. The number of amides is 1. The Kier molecular flexibility index (Phi) is 8.81. The van der Waals surface area contributed by atoms with Crippen LogP contribution in [0.15, 0.2) is 48.5 Å². The van der Waals surface area contributed by atoms with Gasteiger partial charge in [-0.15, -0.1) is 12.4 Å². The predicted octanol–water partition coefficient (Wildman–Crippen LogP) is 3.21. The Morgan fingerprint density at radius 3 is 2.20 bits per heavy atom. The molecule has 0 bridgehead atoms. The van der Waals surface area contributed by atoms with E-state index in [1.807, 2.05) is 0 Å². The van der Waals surface area contributed by atoms with Crippen LogP contribution in [0, 0.1) is 5.82 Å². The van der Waals surface area contributed by atoms with Gasteiger partial charge in [0.05, 0.1) is 5.56 Å². The van der Waals surface area contributed by atoms with Gasteiger partial charge in [-0.1, -0.05) is 25.1 Å². The molecule has 0 aliphatic rings. The number of carbonyl (C=O) groups excluding carboxylic acids is 2. The van der Waals surface area contributed by atoms with Gasteiger partial charge in [-0.25, -0.2) is 4.39 Å². The third kappa shape index (κ3) is 5.96. The number of carbonyl (C=O) groups is 2. The number of halogens is 2. The van der Waals surface area contributed by atoms with Crippen molar-refractivity contribution in [2.75, 3.05) is 19.6 Å². The maximum atomic E-state index is 13.0. The van der Waals surface area contributed by atoms with Crippen molar-refractivity contribution >= 4 is 24.1 Å². The molecule has 1 amide bonds. The van der Waals surface area contributed by atoms with Crippen LogP contribution in [0.25, 0.3) is 0 Å². The first kappa shape index (κ1) is 20.8. The zero-order valence-electron chi connectivity index (χ0n) is 14.0. The number of hydrogen-bond acceptors (Lipinski definition) is 3. The van der Waals surface area contributed by atoms with Gasteiger partial charge in [-0.2, -0.15) is 0 Å². The van der Waals surface area contributed by atoms with E-state index in [0.717, 1.165) is 13.0 Å². The van der Waals surface area contributed by atoms with Gasteiger partial charge < -0.3 is 10.6 Å². The van der Waals surface area contributed by atoms with E-state index in [9.17, 15) is 14.0 Å². The topological polar surface area (TPSA) is 58.2 Å². The molecule has 0 aromatic heterocycles. The van der Waals surface area contributed by atoms with Crippen LogP contribution < -0.4 is 10.6 Å². The van der Waals surface area contributed by atoms with Gasteiger partial charge in [0.25, 0.3) is 5.91 Å². The van der Waals surface area contributed by atoms with Gasteiger partial charge in [0.15, 0.2) is 5.78 Å². The van der Waals surface area contributed by atoms with Gasteiger partial charge >= 0.3 is 0 Å². The maximum Gasteiger partial charge on any atom is 0.252 e. The van der Waals surface area contributed by atoms with Crippen molar-refractivity contribution in [1.29, 1.82) is 0 Å². The highest BCUT2D eigenvalue weighted by molar-refractivity contribution is 6.15. The van der Waals surface area contributed by atoms with Crippen molar-refractivity contribution in [2.45, 2.75) is 13.3 Å². The molecule has 0 saturated carbocycles. The summed E-state index contributed by atoms with van der Waals surface area (Å²) in [4.78, 5) is 24.9. The van der Waals surface area contributed by atoms with E-state index in [2.05, 4.69) is 17.6 Å². The number of rotatable bonds is 8.